The molecule has 0 aromatic heterocycles. The van der Waals surface area contributed by atoms with Gasteiger partial charge in [0.25, 0.3) is 0 Å². The molecule has 31 heavy (non-hydrogen) atoms. The topological polar surface area (TPSA) is 83.8 Å². The van der Waals surface area contributed by atoms with Gasteiger partial charge in [-0.15, -0.1) is 0 Å². The van der Waals surface area contributed by atoms with Crippen molar-refractivity contribution in [2.45, 2.75) is 96.5 Å². The number of methoxy groups -OCH3 is 1. The average Bonchev–Trinajstić information content (AvgIpc) is 3.00. The number of allylic oxidation sites excluding steroid dienone is 2. The third-order valence-electron chi connectivity index (χ3n) is 6.25. The first kappa shape index (κ1) is 27.9. The third-order valence-corrected chi connectivity index (χ3v) is 7.43. The number of aliphatic hydroxyl groups is 2. The Labute approximate surface area is 192 Å². The van der Waals surface area contributed by atoms with Crippen LogP contribution in [-0.4, -0.2) is 45.9 Å². The monoisotopic (exact) mass is 454 g/mol. The van der Waals surface area contributed by atoms with Gasteiger partial charge < -0.3 is 14.9 Å². The zero-order valence-corrected chi connectivity index (χ0v) is 20.7. The third kappa shape index (κ3) is 9.92. The first-order valence-electron chi connectivity index (χ1n) is 11.6. The zero-order valence-electron chi connectivity index (χ0n) is 19.9. The zero-order chi connectivity index (χ0) is 23.4. The Kier molecular flexibility index (Phi) is 12.7. The molecule has 0 unspecified atom stereocenters. The second-order valence-corrected chi connectivity index (χ2v) is 10.7. The predicted molar refractivity (Wildman–Crippen MR) is 128 cm³/mol. The number of carbonyl (C=O) groups is 2. The molecule has 0 spiro atoms. The number of esters is 1. The largest absolute Gasteiger partial charge is 0.469 e. The van der Waals surface area contributed by atoms with E-state index in [1.165, 1.54) is 18.9 Å². The molecule has 0 aromatic carbocycles. The molecule has 5 nitrogen and oxygen atoms in total. The van der Waals surface area contributed by atoms with Gasteiger partial charge in [-0.1, -0.05) is 69.7 Å². The van der Waals surface area contributed by atoms with E-state index in [2.05, 4.69) is 37.7 Å². The summed E-state index contributed by atoms with van der Waals surface area (Å²) < 4.78 is 4.65. The van der Waals surface area contributed by atoms with Gasteiger partial charge in [0.05, 0.1) is 19.3 Å². The van der Waals surface area contributed by atoms with Crippen molar-refractivity contribution in [2.24, 2.45) is 17.3 Å². The summed E-state index contributed by atoms with van der Waals surface area (Å²) in [6, 6.07) is 0. The number of ether oxygens (including phenoxy) is 1. The lowest BCUT2D eigenvalue weighted by Gasteiger charge is -2.29. The molecule has 0 radical (unpaired) electrons. The van der Waals surface area contributed by atoms with Crippen LogP contribution in [0.25, 0.3) is 0 Å². The molecule has 0 heterocycles. The van der Waals surface area contributed by atoms with Crippen LogP contribution in [0.2, 0.25) is 0 Å². The first-order valence-corrected chi connectivity index (χ1v) is 12.4. The quantitative estimate of drug-likeness (QED) is 0.230. The van der Waals surface area contributed by atoms with E-state index in [-0.39, 0.29) is 33.6 Å². The van der Waals surface area contributed by atoms with E-state index in [1.807, 2.05) is 12.2 Å². The standard InChI is InChI=1S/C25H42O5S/c1-6-7-16-25(3,4)23(28)15-14-19-20(22(17-21(19)27)31-18(2)26)12-10-8-9-11-13-24(29)30-5/h8,10,14-15,19-23,27-28H,6-7,9,11-13,16-17H2,1-5H3/t19-,20-,21-,22+,23-/m1/s1. The van der Waals surface area contributed by atoms with Gasteiger partial charge in [-0.25, -0.2) is 0 Å². The number of carbonyl (C=O) groups excluding carboxylic acids is 2. The Morgan fingerprint density at radius 3 is 2.58 bits per heavy atom. The summed E-state index contributed by atoms with van der Waals surface area (Å²) in [4.78, 5) is 22.9. The van der Waals surface area contributed by atoms with Gasteiger partial charge in [0.2, 0.25) is 0 Å². The smallest absolute Gasteiger partial charge is 0.305 e. The van der Waals surface area contributed by atoms with Crippen molar-refractivity contribution in [1.82, 2.24) is 0 Å². The molecule has 178 valence electrons. The minimum Gasteiger partial charge on any atom is -0.469 e. The normalized spacial score (nSPS) is 25.4. The summed E-state index contributed by atoms with van der Waals surface area (Å²) in [5.41, 5.74) is -0.210. The van der Waals surface area contributed by atoms with Gasteiger partial charge in [0.1, 0.15) is 0 Å². The molecule has 0 aliphatic heterocycles. The molecular weight excluding hydrogens is 412 g/mol. The highest BCUT2D eigenvalue weighted by Crippen LogP contribution is 2.43. The highest BCUT2D eigenvalue weighted by Gasteiger charge is 2.41. The lowest BCUT2D eigenvalue weighted by atomic mass is 9.80. The van der Waals surface area contributed by atoms with Gasteiger partial charge in [-0.2, -0.15) is 0 Å². The molecule has 2 N–H and O–H groups in total. The number of rotatable bonds is 13. The van der Waals surface area contributed by atoms with E-state index in [1.54, 1.807) is 6.92 Å². The van der Waals surface area contributed by atoms with Gasteiger partial charge in [0, 0.05) is 24.5 Å². The number of thioether (sulfide) groups is 1. The van der Waals surface area contributed by atoms with Gasteiger partial charge in [0.15, 0.2) is 5.12 Å². The lowest BCUT2D eigenvalue weighted by molar-refractivity contribution is -0.140. The summed E-state index contributed by atoms with van der Waals surface area (Å²) in [5.74, 6) is -0.160. The molecule has 0 amide bonds. The molecule has 6 heteroatoms. The van der Waals surface area contributed by atoms with Crippen LogP contribution in [0, 0.1) is 17.3 Å². The molecular formula is C25H42O5S. The minimum absolute atomic E-state index is 0.0621. The van der Waals surface area contributed by atoms with Crippen LogP contribution in [0.15, 0.2) is 24.3 Å². The molecule has 1 rings (SSSR count). The fourth-order valence-electron chi connectivity index (χ4n) is 4.14. The highest BCUT2D eigenvalue weighted by atomic mass is 32.2. The maximum Gasteiger partial charge on any atom is 0.305 e. The highest BCUT2D eigenvalue weighted by molar-refractivity contribution is 8.14. The van der Waals surface area contributed by atoms with Gasteiger partial charge >= 0.3 is 5.97 Å². The van der Waals surface area contributed by atoms with Gasteiger partial charge in [-0.3, -0.25) is 9.59 Å². The molecule has 0 bridgehead atoms. The second kappa shape index (κ2) is 14.1. The van der Waals surface area contributed by atoms with Crippen LogP contribution >= 0.6 is 11.8 Å². The Morgan fingerprint density at radius 2 is 1.97 bits per heavy atom. The Balaban J connectivity index is 2.79. The number of hydrogen-bond acceptors (Lipinski definition) is 6. The fourth-order valence-corrected chi connectivity index (χ4v) is 5.33. The van der Waals surface area contributed by atoms with Crippen molar-refractivity contribution >= 4 is 22.8 Å². The molecule has 1 fully saturated rings. The van der Waals surface area contributed by atoms with E-state index in [4.69, 9.17) is 0 Å². The second-order valence-electron chi connectivity index (χ2n) is 9.29. The Bertz CT molecular complexity index is 613. The molecule has 1 aliphatic carbocycles. The van der Waals surface area contributed by atoms with Crippen molar-refractivity contribution in [2.75, 3.05) is 7.11 Å². The van der Waals surface area contributed by atoms with Crippen LogP contribution in [0.5, 0.6) is 0 Å². The van der Waals surface area contributed by atoms with Crippen LogP contribution in [0.4, 0.5) is 0 Å². The summed E-state index contributed by atoms with van der Waals surface area (Å²) >= 11 is 1.31. The van der Waals surface area contributed by atoms with Crippen LogP contribution in [0.3, 0.4) is 0 Å². The van der Waals surface area contributed by atoms with Crippen molar-refractivity contribution in [1.29, 1.82) is 0 Å². The first-order chi connectivity index (χ1) is 14.6. The van der Waals surface area contributed by atoms with E-state index >= 15 is 0 Å². The molecule has 5 atom stereocenters. The number of aliphatic hydroxyl groups excluding tert-OH is 2. The summed E-state index contributed by atoms with van der Waals surface area (Å²) in [5, 5.41) is 21.5. The van der Waals surface area contributed by atoms with E-state index in [9.17, 15) is 19.8 Å². The summed E-state index contributed by atoms with van der Waals surface area (Å²) in [7, 11) is 1.39. The minimum atomic E-state index is -0.569. The molecule has 0 saturated heterocycles. The SMILES string of the molecule is CCCCC(C)(C)[C@H](O)C=C[C@@H]1[C@@H](CC=CCCCC(=O)OC)[C@@H](SC(C)=O)C[C@H]1O. The Hall–Kier alpha value is -1.11. The van der Waals surface area contributed by atoms with E-state index in [0.717, 1.165) is 38.5 Å². The molecule has 1 aliphatic rings. The molecule has 0 aromatic rings. The van der Waals surface area contributed by atoms with Crippen molar-refractivity contribution in [3.05, 3.63) is 24.3 Å². The maximum atomic E-state index is 11.7. The maximum absolute atomic E-state index is 11.7. The number of hydrogen-bond donors (Lipinski definition) is 2. The van der Waals surface area contributed by atoms with Crippen molar-refractivity contribution < 1.29 is 24.5 Å². The van der Waals surface area contributed by atoms with Crippen LogP contribution in [-0.2, 0) is 14.3 Å². The van der Waals surface area contributed by atoms with Gasteiger partial charge in [-0.05, 0) is 43.4 Å². The van der Waals surface area contributed by atoms with E-state index in [0.29, 0.717) is 12.8 Å². The van der Waals surface area contributed by atoms with Crippen molar-refractivity contribution in [3.8, 4) is 0 Å². The van der Waals surface area contributed by atoms with Crippen LogP contribution in [0.1, 0.15) is 79.1 Å². The van der Waals surface area contributed by atoms with Crippen molar-refractivity contribution in [3.63, 3.8) is 0 Å². The summed E-state index contributed by atoms with van der Waals surface area (Å²) in [6.45, 7) is 7.87. The molecule has 1 saturated carbocycles. The number of unbranched alkanes of at least 4 members (excludes halogenated alkanes) is 2. The average molecular weight is 455 g/mol. The lowest BCUT2D eigenvalue weighted by Crippen LogP contribution is -2.28. The fraction of sp³-hybridized carbons (Fsp3) is 0.760. The Morgan fingerprint density at radius 1 is 1.26 bits per heavy atom. The predicted octanol–water partition coefficient (Wildman–Crippen LogP) is 5.05. The van der Waals surface area contributed by atoms with Crippen LogP contribution < -0.4 is 0 Å². The summed E-state index contributed by atoms with van der Waals surface area (Å²) in [6.07, 6.45) is 13.3. The van der Waals surface area contributed by atoms with E-state index < -0.39 is 12.2 Å².